The number of piperazine rings is 1. The molecule has 12 heteroatoms. The molecular formula is C21H30N4O6S2. The van der Waals surface area contributed by atoms with Crippen LogP contribution in [0.4, 0.5) is 0 Å². The molecule has 2 aromatic rings. The zero-order valence-corrected chi connectivity index (χ0v) is 21.0. The van der Waals surface area contributed by atoms with Gasteiger partial charge in [-0.1, -0.05) is 5.16 Å². The molecule has 0 aromatic carbocycles. The molecule has 182 valence electrons. The Kier molecular flexibility index (Phi) is 6.31. The number of sulfonamides is 1. The number of nitrogens with zero attached hydrogens (tertiary/aromatic N) is 4. The minimum atomic E-state index is -3.70. The number of ketones is 1. The van der Waals surface area contributed by atoms with Gasteiger partial charge in [0, 0.05) is 49.2 Å². The van der Waals surface area contributed by atoms with Crippen molar-refractivity contribution in [1.82, 2.24) is 18.9 Å². The number of aryl methyl sites for hydroxylation is 3. The minimum absolute atomic E-state index is 0.0442. The lowest BCUT2D eigenvalue weighted by atomic mass is 10.1. The van der Waals surface area contributed by atoms with E-state index >= 15 is 0 Å². The summed E-state index contributed by atoms with van der Waals surface area (Å²) in [6, 6.07) is 1.70. The summed E-state index contributed by atoms with van der Waals surface area (Å²) in [5, 5.41) is 3.75. The van der Waals surface area contributed by atoms with Crippen molar-refractivity contribution in [3.05, 3.63) is 34.5 Å². The van der Waals surface area contributed by atoms with Crippen molar-refractivity contribution in [3.63, 3.8) is 0 Å². The average molecular weight is 499 g/mol. The molecule has 0 bridgehead atoms. The lowest BCUT2D eigenvalue weighted by Crippen LogP contribution is -2.49. The molecule has 4 rings (SSSR count). The summed E-state index contributed by atoms with van der Waals surface area (Å²) in [6.45, 7) is 8.56. The molecule has 2 saturated heterocycles. The Balaban J connectivity index is 1.42. The fourth-order valence-electron chi connectivity index (χ4n) is 4.99. The SMILES string of the molecule is Cc1noc(C)c1S(=O)(=O)N1CCN(CC(=O)c2cc(C)n([C@H]3CCS(=O)(=O)C3)c2C)CC1. The van der Waals surface area contributed by atoms with Gasteiger partial charge in [0.1, 0.15) is 10.6 Å². The number of carbonyl (C=O) groups is 1. The highest BCUT2D eigenvalue weighted by Crippen LogP contribution is 2.29. The van der Waals surface area contributed by atoms with Crippen molar-refractivity contribution in [2.45, 2.75) is 45.1 Å². The first kappa shape index (κ1) is 24.1. The van der Waals surface area contributed by atoms with Gasteiger partial charge < -0.3 is 9.09 Å². The third-order valence-corrected chi connectivity index (χ3v) is 10.5. The predicted octanol–water partition coefficient (Wildman–Crippen LogP) is 1.26. The molecule has 0 spiro atoms. The summed E-state index contributed by atoms with van der Waals surface area (Å²) < 4.78 is 58.2. The number of carbonyl (C=O) groups excluding carboxylic acids is 1. The summed E-state index contributed by atoms with van der Waals surface area (Å²) in [5.74, 6) is 0.519. The van der Waals surface area contributed by atoms with Crippen LogP contribution in [0.3, 0.4) is 0 Å². The van der Waals surface area contributed by atoms with E-state index < -0.39 is 19.9 Å². The van der Waals surface area contributed by atoms with Crippen molar-refractivity contribution in [1.29, 1.82) is 0 Å². The standard InChI is InChI=1S/C21H30N4O6S2/c1-14-11-19(16(3)25(14)18-5-10-32(27,28)13-18)20(26)12-23-6-8-24(9-7-23)33(29,30)21-15(2)22-31-17(21)4/h11,18H,5-10,12-13H2,1-4H3/t18-/m0/s1. The zero-order chi connectivity index (χ0) is 24.1. The molecule has 33 heavy (non-hydrogen) atoms. The van der Waals surface area contributed by atoms with E-state index in [-0.39, 0.29) is 53.6 Å². The fourth-order valence-corrected chi connectivity index (χ4v) is 8.40. The zero-order valence-electron chi connectivity index (χ0n) is 19.4. The Labute approximate surface area is 194 Å². The van der Waals surface area contributed by atoms with E-state index in [4.69, 9.17) is 4.52 Å². The summed E-state index contributed by atoms with van der Waals surface area (Å²) in [4.78, 5) is 15.1. The normalized spacial score (nSPS) is 22.1. The maximum absolute atomic E-state index is 13.1. The van der Waals surface area contributed by atoms with Gasteiger partial charge in [0.15, 0.2) is 21.4 Å². The van der Waals surface area contributed by atoms with Crippen molar-refractivity contribution >= 4 is 25.6 Å². The van der Waals surface area contributed by atoms with Crippen molar-refractivity contribution in [2.75, 3.05) is 44.2 Å². The first-order valence-electron chi connectivity index (χ1n) is 11.0. The van der Waals surface area contributed by atoms with Crippen molar-refractivity contribution in [3.8, 4) is 0 Å². The Morgan fingerprint density at radius 1 is 1.15 bits per heavy atom. The van der Waals surface area contributed by atoms with E-state index in [0.717, 1.165) is 11.4 Å². The van der Waals surface area contributed by atoms with Crippen LogP contribution in [0.15, 0.2) is 15.5 Å². The molecule has 0 aliphatic carbocycles. The molecule has 0 saturated carbocycles. The second-order valence-corrected chi connectivity index (χ2v) is 13.1. The van der Waals surface area contributed by atoms with Gasteiger partial charge in [-0.15, -0.1) is 0 Å². The number of rotatable bonds is 6. The second-order valence-electron chi connectivity index (χ2n) is 8.97. The first-order valence-corrected chi connectivity index (χ1v) is 14.2. The predicted molar refractivity (Wildman–Crippen MR) is 122 cm³/mol. The molecule has 2 fully saturated rings. The lowest BCUT2D eigenvalue weighted by Gasteiger charge is -2.33. The van der Waals surface area contributed by atoms with Gasteiger partial charge in [-0.3, -0.25) is 9.69 Å². The lowest BCUT2D eigenvalue weighted by molar-refractivity contribution is 0.0901. The molecule has 1 atom stereocenters. The number of hydrogen-bond donors (Lipinski definition) is 0. The number of aromatic nitrogens is 2. The maximum atomic E-state index is 13.1. The van der Waals surface area contributed by atoms with Crippen LogP contribution in [0.2, 0.25) is 0 Å². The van der Waals surface area contributed by atoms with Crippen LogP contribution in [-0.4, -0.2) is 85.8 Å². The molecule has 0 unspecified atom stereocenters. The molecule has 0 amide bonds. The Morgan fingerprint density at radius 3 is 2.36 bits per heavy atom. The van der Waals surface area contributed by atoms with E-state index in [2.05, 4.69) is 5.16 Å². The van der Waals surface area contributed by atoms with Crippen LogP contribution in [0, 0.1) is 27.7 Å². The largest absolute Gasteiger partial charge is 0.360 e. The van der Waals surface area contributed by atoms with Gasteiger partial charge in [-0.05, 0) is 40.2 Å². The van der Waals surface area contributed by atoms with E-state index in [1.165, 1.54) is 4.31 Å². The van der Waals surface area contributed by atoms with E-state index in [0.29, 0.717) is 30.8 Å². The Hall–Kier alpha value is -2.02. The van der Waals surface area contributed by atoms with Crippen LogP contribution >= 0.6 is 0 Å². The summed E-state index contributed by atoms with van der Waals surface area (Å²) in [6.07, 6.45) is 0.563. The molecule has 10 nitrogen and oxygen atoms in total. The molecular weight excluding hydrogens is 468 g/mol. The highest BCUT2D eigenvalue weighted by Gasteiger charge is 2.35. The Morgan fingerprint density at radius 2 is 1.82 bits per heavy atom. The first-order chi connectivity index (χ1) is 15.4. The van der Waals surface area contributed by atoms with E-state index in [1.807, 2.05) is 29.4 Å². The molecule has 2 aliphatic heterocycles. The Bertz CT molecular complexity index is 1260. The molecule has 4 heterocycles. The number of Topliss-reactive ketones (excluding diaryl/α,β-unsaturated/α-hetero) is 1. The van der Waals surface area contributed by atoms with E-state index in [1.54, 1.807) is 13.8 Å². The maximum Gasteiger partial charge on any atom is 0.248 e. The second kappa shape index (κ2) is 8.64. The summed E-state index contributed by atoms with van der Waals surface area (Å²) >= 11 is 0. The topological polar surface area (TPSA) is 123 Å². The number of hydrogen-bond acceptors (Lipinski definition) is 8. The van der Waals surface area contributed by atoms with Gasteiger partial charge in [0.2, 0.25) is 10.0 Å². The fraction of sp³-hybridized carbons (Fsp3) is 0.619. The van der Waals surface area contributed by atoms with Gasteiger partial charge in [-0.2, -0.15) is 4.31 Å². The molecule has 0 N–H and O–H groups in total. The number of sulfone groups is 1. The van der Waals surface area contributed by atoms with Gasteiger partial charge in [0.05, 0.1) is 18.1 Å². The van der Waals surface area contributed by atoms with Crippen LogP contribution in [-0.2, 0) is 19.9 Å². The van der Waals surface area contributed by atoms with Gasteiger partial charge >= 0.3 is 0 Å². The van der Waals surface area contributed by atoms with Gasteiger partial charge in [-0.25, -0.2) is 16.8 Å². The third-order valence-electron chi connectivity index (χ3n) is 6.62. The highest BCUT2D eigenvalue weighted by atomic mass is 32.2. The van der Waals surface area contributed by atoms with Crippen LogP contribution in [0.1, 0.15) is 45.7 Å². The van der Waals surface area contributed by atoms with Crippen molar-refractivity contribution < 1.29 is 26.2 Å². The third kappa shape index (κ3) is 4.53. The summed E-state index contributed by atoms with van der Waals surface area (Å²) in [5.41, 5.74) is 2.62. The highest BCUT2D eigenvalue weighted by molar-refractivity contribution is 7.91. The van der Waals surface area contributed by atoms with Crippen LogP contribution in [0.5, 0.6) is 0 Å². The minimum Gasteiger partial charge on any atom is -0.360 e. The monoisotopic (exact) mass is 498 g/mol. The van der Waals surface area contributed by atoms with Crippen molar-refractivity contribution in [2.24, 2.45) is 0 Å². The van der Waals surface area contributed by atoms with Crippen LogP contribution < -0.4 is 0 Å². The molecule has 2 aromatic heterocycles. The molecule has 0 radical (unpaired) electrons. The van der Waals surface area contributed by atoms with Gasteiger partial charge in [0.25, 0.3) is 0 Å². The summed E-state index contributed by atoms with van der Waals surface area (Å²) in [7, 11) is -6.73. The van der Waals surface area contributed by atoms with Crippen LogP contribution in [0.25, 0.3) is 0 Å². The average Bonchev–Trinajstić information content (AvgIpc) is 3.36. The van der Waals surface area contributed by atoms with E-state index in [9.17, 15) is 21.6 Å². The molecule has 2 aliphatic rings. The smallest absolute Gasteiger partial charge is 0.248 e. The quantitative estimate of drug-likeness (QED) is 0.546.